The monoisotopic (exact) mass is 404 g/mol. The summed E-state index contributed by atoms with van der Waals surface area (Å²) in [6, 6.07) is 15.5. The van der Waals surface area contributed by atoms with E-state index in [9.17, 15) is 14.7 Å². The van der Waals surface area contributed by atoms with Crippen molar-refractivity contribution in [3.05, 3.63) is 75.2 Å². The lowest BCUT2D eigenvalue weighted by molar-refractivity contribution is 0.281. The Morgan fingerprint density at radius 2 is 1.60 bits per heavy atom. The number of hydrogen-bond donors (Lipinski definition) is 1. The number of aliphatic hydroxyl groups excluding tert-OH is 1. The molecule has 1 aliphatic rings. The van der Waals surface area contributed by atoms with E-state index in [1.165, 1.54) is 0 Å². The highest BCUT2D eigenvalue weighted by Crippen LogP contribution is 2.36. The van der Waals surface area contributed by atoms with Crippen LogP contribution in [-0.4, -0.2) is 30.4 Å². The Morgan fingerprint density at radius 3 is 2.33 bits per heavy atom. The van der Waals surface area contributed by atoms with Gasteiger partial charge in [0.15, 0.2) is 0 Å². The van der Waals surface area contributed by atoms with Crippen LogP contribution in [0.25, 0.3) is 21.9 Å². The molecule has 0 spiro atoms. The Balaban J connectivity index is 1.67. The fraction of sp³-hybridized carbons (Fsp3) is 0.348. The number of rotatable bonds is 7. The first-order chi connectivity index (χ1) is 14.7. The number of unbranched alkanes of at least 4 members (excludes halogenated alkanes) is 1. The molecule has 30 heavy (non-hydrogen) atoms. The van der Waals surface area contributed by atoms with Gasteiger partial charge in [0.05, 0.1) is 28.5 Å². The Morgan fingerprint density at radius 1 is 0.900 bits per heavy atom. The first-order valence-electron chi connectivity index (χ1n) is 10.5. The number of para-hydroxylation sites is 3. The Kier molecular flexibility index (Phi) is 4.75. The lowest BCUT2D eigenvalue weighted by atomic mass is 10.2. The number of imidazole rings is 1. The van der Waals surface area contributed by atoms with E-state index in [-0.39, 0.29) is 30.4 Å². The first-order valence-corrected chi connectivity index (χ1v) is 10.5. The van der Waals surface area contributed by atoms with Crippen LogP contribution in [0.3, 0.4) is 0 Å². The van der Waals surface area contributed by atoms with E-state index in [2.05, 4.69) is 4.98 Å². The van der Waals surface area contributed by atoms with Crippen LogP contribution < -0.4 is 11.2 Å². The molecule has 0 amide bonds. The summed E-state index contributed by atoms with van der Waals surface area (Å²) in [7, 11) is 0. The van der Waals surface area contributed by atoms with Crippen LogP contribution in [0.15, 0.2) is 58.1 Å². The lowest BCUT2D eigenvalue weighted by Gasteiger charge is -2.16. The van der Waals surface area contributed by atoms with E-state index in [1.807, 2.05) is 51.6 Å². The molecule has 0 saturated heterocycles. The van der Waals surface area contributed by atoms with Crippen molar-refractivity contribution in [2.24, 2.45) is 0 Å². The summed E-state index contributed by atoms with van der Waals surface area (Å²) in [5.41, 5.74) is 2.27. The smallest absolute Gasteiger partial charge is 0.329 e. The highest BCUT2D eigenvalue weighted by atomic mass is 16.3. The second kappa shape index (κ2) is 7.57. The van der Waals surface area contributed by atoms with Gasteiger partial charge in [0.2, 0.25) is 0 Å². The van der Waals surface area contributed by atoms with Crippen LogP contribution in [0.4, 0.5) is 0 Å². The van der Waals surface area contributed by atoms with Crippen LogP contribution in [0.2, 0.25) is 0 Å². The molecule has 7 heteroatoms. The van der Waals surface area contributed by atoms with Crippen molar-refractivity contribution in [3.63, 3.8) is 0 Å². The molecule has 0 atom stereocenters. The molecule has 2 aromatic heterocycles. The van der Waals surface area contributed by atoms with E-state index in [4.69, 9.17) is 0 Å². The molecule has 0 unspecified atom stereocenters. The van der Waals surface area contributed by atoms with Gasteiger partial charge in [-0.15, -0.1) is 0 Å². The Hall–Kier alpha value is -3.19. The highest BCUT2D eigenvalue weighted by molar-refractivity contribution is 5.78. The molecule has 1 saturated carbocycles. The number of aromatic nitrogens is 4. The molecule has 154 valence electrons. The van der Waals surface area contributed by atoms with Crippen molar-refractivity contribution in [1.29, 1.82) is 0 Å². The van der Waals surface area contributed by atoms with Gasteiger partial charge in [-0.1, -0.05) is 24.3 Å². The van der Waals surface area contributed by atoms with Crippen molar-refractivity contribution in [1.82, 2.24) is 18.7 Å². The molecule has 2 aromatic carbocycles. The summed E-state index contributed by atoms with van der Waals surface area (Å²) in [6.07, 6.45) is 3.47. The minimum Gasteiger partial charge on any atom is -0.396 e. The number of aryl methyl sites for hydroxylation is 1. The zero-order valence-corrected chi connectivity index (χ0v) is 16.7. The van der Waals surface area contributed by atoms with Crippen LogP contribution in [-0.2, 0) is 13.1 Å². The second-order valence-electron chi connectivity index (χ2n) is 7.89. The molecule has 0 bridgehead atoms. The van der Waals surface area contributed by atoms with Gasteiger partial charge in [0, 0.05) is 19.2 Å². The number of aliphatic hydroxyl groups is 1. The van der Waals surface area contributed by atoms with Gasteiger partial charge in [-0.2, -0.15) is 4.98 Å². The fourth-order valence-electron chi connectivity index (χ4n) is 4.23. The molecule has 0 radical (unpaired) electrons. The fourth-order valence-corrected chi connectivity index (χ4v) is 4.23. The van der Waals surface area contributed by atoms with Crippen LogP contribution >= 0.6 is 0 Å². The van der Waals surface area contributed by atoms with Gasteiger partial charge >= 0.3 is 5.69 Å². The molecule has 4 aromatic rings. The van der Waals surface area contributed by atoms with Gasteiger partial charge in [0.25, 0.3) is 5.56 Å². The summed E-state index contributed by atoms with van der Waals surface area (Å²) in [5.74, 6) is 0.567. The zero-order chi connectivity index (χ0) is 20.7. The average Bonchev–Trinajstić information content (AvgIpc) is 3.56. The normalized spacial score (nSPS) is 14.0. The predicted octanol–water partition coefficient (Wildman–Crippen LogP) is 2.67. The second-order valence-corrected chi connectivity index (χ2v) is 7.89. The van der Waals surface area contributed by atoms with E-state index in [0.29, 0.717) is 24.2 Å². The number of benzene rings is 2. The van der Waals surface area contributed by atoms with Crippen LogP contribution in [0.1, 0.15) is 37.5 Å². The third-order valence-corrected chi connectivity index (χ3v) is 5.84. The summed E-state index contributed by atoms with van der Waals surface area (Å²) in [4.78, 5) is 30.3. The molecule has 5 rings (SSSR count). The SMILES string of the molecule is O=c1nc(Cn2c(=O)n(C3CC3)c3ccccc32)n(CCCCO)c2ccccc12. The standard InChI is InChI=1S/C23H24N4O3/c28-14-6-5-13-25-18-8-2-1-7-17(18)22(29)24-21(25)15-26-19-9-3-4-10-20(19)27(23(26)30)16-11-12-16/h1-4,7-10,16,28H,5-6,11-15H2. The van der Waals surface area contributed by atoms with Gasteiger partial charge in [-0.25, -0.2) is 4.79 Å². The van der Waals surface area contributed by atoms with Gasteiger partial charge in [0.1, 0.15) is 5.82 Å². The van der Waals surface area contributed by atoms with E-state index in [0.717, 1.165) is 35.8 Å². The van der Waals surface area contributed by atoms with Gasteiger partial charge in [-0.05, 0) is 49.9 Å². The molecular weight excluding hydrogens is 380 g/mol. The summed E-state index contributed by atoms with van der Waals surface area (Å²) < 4.78 is 5.62. The summed E-state index contributed by atoms with van der Waals surface area (Å²) >= 11 is 0. The van der Waals surface area contributed by atoms with Crippen molar-refractivity contribution < 1.29 is 5.11 Å². The quantitative estimate of drug-likeness (QED) is 0.480. The number of fused-ring (bicyclic) bond motifs is 2. The lowest BCUT2D eigenvalue weighted by Crippen LogP contribution is -2.28. The molecule has 1 fully saturated rings. The molecule has 1 aliphatic carbocycles. The van der Waals surface area contributed by atoms with E-state index >= 15 is 0 Å². The molecule has 1 N–H and O–H groups in total. The van der Waals surface area contributed by atoms with E-state index < -0.39 is 0 Å². The molecule has 7 nitrogen and oxygen atoms in total. The minimum atomic E-state index is -0.280. The van der Waals surface area contributed by atoms with Gasteiger partial charge < -0.3 is 9.67 Å². The molecule has 2 heterocycles. The third kappa shape index (κ3) is 3.15. The van der Waals surface area contributed by atoms with Crippen molar-refractivity contribution in [2.45, 2.75) is 44.8 Å². The van der Waals surface area contributed by atoms with Crippen LogP contribution in [0, 0.1) is 0 Å². The molecular formula is C23H24N4O3. The number of nitrogens with zero attached hydrogens (tertiary/aromatic N) is 4. The van der Waals surface area contributed by atoms with Gasteiger partial charge in [-0.3, -0.25) is 13.9 Å². The first kappa shape index (κ1) is 18.8. The third-order valence-electron chi connectivity index (χ3n) is 5.84. The zero-order valence-electron chi connectivity index (χ0n) is 16.7. The Labute approximate surface area is 172 Å². The predicted molar refractivity (Wildman–Crippen MR) is 116 cm³/mol. The summed E-state index contributed by atoms with van der Waals surface area (Å²) in [6.45, 7) is 0.979. The minimum absolute atomic E-state index is 0.0528. The van der Waals surface area contributed by atoms with Crippen molar-refractivity contribution in [2.75, 3.05) is 6.61 Å². The topological polar surface area (TPSA) is 82.0 Å². The highest BCUT2D eigenvalue weighted by Gasteiger charge is 2.29. The maximum atomic E-state index is 13.3. The van der Waals surface area contributed by atoms with Crippen molar-refractivity contribution >= 4 is 21.9 Å². The number of hydrogen-bond acceptors (Lipinski definition) is 4. The van der Waals surface area contributed by atoms with Crippen LogP contribution in [0.5, 0.6) is 0 Å². The maximum Gasteiger partial charge on any atom is 0.329 e. The average molecular weight is 404 g/mol. The largest absolute Gasteiger partial charge is 0.396 e. The van der Waals surface area contributed by atoms with E-state index in [1.54, 1.807) is 10.6 Å². The van der Waals surface area contributed by atoms with Crippen molar-refractivity contribution in [3.8, 4) is 0 Å². The Bertz CT molecular complexity index is 1340. The maximum absolute atomic E-state index is 13.3. The summed E-state index contributed by atoms with van der Waals surface area (Å²) in [5, 5.41) is 9.77. The molecule has 0 aliphatic heterocycles.